The molecule has 1 atom stereocenters. The molecule has 0 saturated heterocycles. The van der Waals surface area contributed by atoms with Gasteiger partial charge in [-0.25, -0.2) is 0 Å². The molecule has 0 amide bonds. The van der Waals surface area contributed by atoms with E-state index in [1.54, 1.807) is 11.4 Å². The summed E-state index contributed by atoms with van der Waals surface area (Å²) in [5.41, 5.74) is 0.0480. The molecule has 1 heterocycles. The Morgan fingerprint density at radius 2 is 1.95 bits per heavy atom. The van der Waals surface area contributed by atoms with E-state index in [2.05, 4.69) is 15.9 Å². The van der Waals surface area contributed by atoms with Crippen molar-refractivity contribution in [1.29, 1.82) is 0 Å². The molecule has 1 aromatic heterocycles. The minimum atomic E-state index is -4.42. The van der Waals surface area contributed by atoms with Crippen molar-refractivity contribution >= 4 is 27.3 Å². The fourth-order valence-corrected chi connectivity index (χ4v) is 2.90. The summed E-state index contributed by atoms with van der Waals surface area (Å²) in [5.74, 6) is 0. The lowest BCUT2D eigenvalue weighted by molar-refractivity contribution is -0.137. The Labute approximate surface area is 120 Å². The number of alkyl halides is 3. The molecule has 0 fully saturated rings. The van der Waals surface area contributed by atoms with Crippen molar-refractivity contribution in [2.24, 2.45) is 0 Å². The fraction of sp³-hybridized carbons (Fsp3) is 0.231. The van der Waals surface area contributed by atoms with E-state index in [0.29, 0.717) is 10.0 Å². The second-order valence-corrected chi connectivity index (χ2v) is 6.10. The Bertz CT molecular complexity index is 592. The van der Waals surface area contributed by atoms with E-state index in [0.717, 1.165) is 17.0 Å². The van der Waals surface area contributed by atoms with Crippen molar-refractivity contribution < 1.29 is 18.3 Å². The van der Waals surface area contributed by atoms with Gasteiger partial charge in [0.25, 0.3) is 0 Å². The predicted molar refractivity (Wildman–Crippen MR) is 72.3 cm³/mol. The molecule has 0 bridgehead atoms. The van der Waals surface area contributed by atoms with Crippen LogP contribution in [0.4, 0.5) is 13.2 Å². The summed E-state index contributed by atoms with van der Waals surface area (Å²) in [6.45, 7) is 1.88. The van der Waals surface area contributed by atoms with Crippen LogP contribution in [0.3, 0.4) is 0 Å². The lowest BCUT2D eigenvalue weighted by Gasteiger charge is -2.14. The molecule has 0 aliphatic heterocycles. The van der Waals surface area contributed by atoms with Crippen LogP contribution in [-0.4, -0.2) is 5.11 Å². The van der Waals surface area contributed by atoms with E-state index in [1.807, 2.05) is 6.92 Å². The lowest BCUT2D eigenvalue weighted by atomic mass is 10.0. The third kappa shape index (κ3) is 3.19. The largest absolute Gasteiger partial charge is 0.416 e. The Kier molecular flexibility index (Phi) is 4.03. The topological polar surface area (TPSA) is 20.2 Å². The van der Waals surface area contributed by atoms with Gasteiger partial charge >= 0.3 is 6.18 Å². The number of thiophene rings is 1. The average Bonchev–Trinajstić information content (AvgIpc) is 2.74. The Hall–Kier alpha value is -0.850. The first-order valence-corrected chi connectivity index (χ1v) is 7.06. The molecule has 1 unspecified atom stereocenters. The summed E-state index contributed by atoms with van der Waals surface area (Å²) in [4.78, 5) is 0.997. The molecule has 19 heavy (non-hydrogen) atoms. The van der Waals surface area contributed by atoms with Crippen molar-refractivity contribution in [2.75, 3.05) is 0 Å². The van der Waals surface area contributed by atoms with E-state index in [-0.39, 0.29) is 5.56 Å². The minimum absolute atomic E-state index is 0.215. The summed E-state index contributed by atoms with van der Waals surface area (Å²) in [5, 5.41) is 11.9. The molecule has 1 aromatic carbocycles. The van der Waals surface area contributed by atoms with Gasteiger partial charge in [-0.1, -0.05) is 15.9 Å². The van der Waals surface area contributed by atoms with E-state index >= 15 is 0 Å². The zero-order valence-corrected chi connectivity index (χ0v) is 12.2. The maximum Gasteiger partial charge on any atom is 0.416 e. The van der Waals surface area contributed by atoms with Crippen molar-refractivity contribution in [3.05, 3.63) is 55.7 Å². The zero-order valence-electron chi connectivity index (χ0n) is 9.83. The molecule has 0 aliphatic rings. The highest BCUT2D eigenvalue weighted by Gasteiger charge is 2.31. The van der Waals surface area contributed by atoms with E-state index in [4.69, 9.17) is 0 Å². The van der Waals surface area contributed by atoms with Crippen LogP contribution in [0.5, 0.6) is 0 Å². The molecular formula is C13H10BrF3OS. The maximum absolute atomic E-state index is 12.7. The Morgan fingerprint density at radius 3 is 2.47 bits per heavy atom. The molecular weight excluding hydrogens is 341 g/mol. The molecule has 1 N–H and O–H groups in total. The first-order valence-electron chi connectivity index (χ1n) is 5.39. The van der Waals surface area contributed by atoms with Gasteiger partial charge in [-0.3, -0.25) is 0 Å². The summed E-state index contributed by atoms with van der Waals surface area (Å²) in [6, 6.07) is 5.03. The van der Waals surface area contributed by atoms with Crippen LogP contribution in [0.25, 0.3) is 0 Å². The number of rotatable bonds is 2. The summed E-state index contributed by atoms with van der Waals surface area (Å²) in [7, 11) is 0. The van der Waals surface area contributed by atoms with Crippen LogP contribution >= 0.6 is 27.3 Å². The highest BCUT2D eigenvalue weighted by Crippen LogP contribution is 2.36. The normalized spacial score (nSPS) is 13.6. The average molecular weight is 351 g/mol. The molecule has 0 radical (unpaired) electrons. The number of hydrogen-bond acceptors (Lipinski definition) is 2. The molecule has 0 aliphatic carbocycles. The molecule has 6 heteroatoms. The standard InChI is InChI=1S/C13H10BrF3OS/c1-7-4-8(6-19-7)12(18)10-5-9(13(15,16)17)2-3-11(10)14/h2-6,12,18H,1H3. The Morgan fingerprint density at radius 1 is 1.26 bits per heavy atom. The number of aliphatic hydroxyl groups is 1. The molecule has 102 valence electrons. The van der Waals surface area contributed by atoms with Crippen molar-refractivity contribution in [1.82, 2.24) is 0 Å². The summed E-state index contributed by atoms with van der Waals surface area (Å²) in [6.07, 6.45) is -5.48. The summed E-state index contributed by atoms with van der Waals surface area (Å²) < 4.78 is 38.5. The van der Waals surface area contributed by atoms with Gasteiger partial charge in [-0.05, 0) is 47.7 Å². The second kappa shape index (κ2) is 5.26. The number of halogens is 4. The third-order valence-electron chi connectivity index (χ3n) is 2.68. The van der Waals surface area contributed by atoms with E-state index in [9.17, 15) is 18.3 Å². The smallest absolute Gasteiger partial charge is 0.384 e. The Balaban J connectivity index is 2.44. The van der Waals surface area contributed by atoms with Crippen LogP contribution in [0.1, 0.15) is 27.7 Å². The number of aryl methyl sites for hydroxylation is 1. The number of benzene rings is 1. The van der Waals surface area contributed by atoms with Gasteiger partial charge in [0.15, 0.2) is 0 Å². The minimum Gasteiger partial charge on any atom is -0.384 e. The fourth-order valence-electron chi connectivity index (χ4n) is 1.72. The molecule has 1 nitrogen and oxygen atoms in total. The monoisotopic (exact) mass is 350 g/mol. The van der Waals surface area contributed by atoms with Gasteiger partial charge in [0.05, 0.1) is 5.56 Å². The van der Waals surface area contributed by atoms with Crippen LogP contribution in [0, 0.1) is 6.92 Å². The van der Waals surface area contributed by atoms with Crippen molar-refractivity contribution in [2.45, 2.75) is 19.2 Å². The molecule has 0 spiro atoms. The van der Waals surface area contributed by atoms with Gasteiger partial charge < -0.3 is 5.11 Å². The van der Waals surface area contributed by atoms with Crippen LogP contribution < -0.4 is 0 Å². The second-order valence-electron chi connectivity index (χ2n) is 4.13. The molecule has 2 rings (SSSR count). The first-order chi connectivity index (χ1) is 8.79. The maximum atomic E-state index is 12.7. The van der Waals surface area contributed by atoms with Crippen LogP contribution in [-0.2, 0) is 6.18 Å². The quantitative estimate of drug-likeness (QED) is 0.814. The molecule has 2 aromatic rings. The van der Waals surface area contributed by atoms with E-state index in [1.165, 1.54) is 17.4 Å². The van der Waals surface area contributed by atoms with Gasteiger partial charge in [0.1, 0.15) is 6.10 Å². The molecule has 0 saturated carbocycles. The van der Waals surface area contributed by atoms with Gasteiger partial charge in [0, 0.05) is 9.35 Å². The summed E-state index contributed by atoms with van der Waals surface area (Å²) >= 11 is 4.62. The highest BCUT2D eigenvalue weighted by atomic mass is 79.9. The number of hydrogen-bond donors (Lipinski definition) is 1. The number of aliphatic hydroxyl groups excluding tert-OH is 1. The van der Waals surface area contributed by atoms with Crippen LogP contribution in [0.15, 0.2) is 34.1 Å². The van der Waals surface area contributed by atoms with Gasteiger partial charge in [0.2, 0.25) is 0 Å². The van der Waals surface area contributed by atoms with Crippen molar-refractivity contribution in [3.8, 4) is 0 Å². The predicted octanol–water partition coefficient (Wildman–Crippen LogP) is 4.92. The van der Waals surface area contributed by atoms with E-state index < -0.39 is 17.8 Å². The van der Waals surface area contributed by atoms with Crippen LogP contribution in [0.2, 0.25) is 0 Å². The third-order valence-corrected chi connectivity index (χ3v) is 4.29. The van der Waals surface area contributed by atoms with Crippen molar-refractivity contribution in [3.63, 3.8) is 0 Å². The zero-order chi connectivity index (χ0) is 14.2. The first kappa shape index (κ1) is 14.6. The van der Waals surface area contributed by atoms with Gasteiger partial charge in [-0.2, -0.15) is 13.2 Å². The lowest BCUT2D eigenvalue weighted by Crippen LogP contribution is -2.07. The SMILES string of the molecule is Cc1cc(C(O)c2cc(C(F)(F)F)ccc2Br)cs1. The van der Waals surface area contributed by atoms with Gasteiger partial charge in [-0.15, -0.1) is 11.3 Å². The highest BCUT2D eigenvalue weighted by molar-refractivity contribution is 9.10.